The number of likely N-dealkylation sites (N-methyl/N-ethyl adjacent to an activating group) is 1. The van der Waals surface area contributed by atoms with Gasteiger partial charge < -0.3 is 25.0 Å². The van der Waals surface area contributed by atoms with E-state index in [1.165, 1.54) is 11.4 Å². The number of nitrogens with zero attached hydrogens (tertiary/aromatic N) is 3. The highest BCUT2D eigenvalue weighted by Crippen LogP contribution is 2.31. The number of carbonyl (C=O) groups excluding carboxylic acids is 2. The Kier molecular flexibility index (Phi) is 9.86. The van der Waals surface area contributed by atoms with Crippen molar-refractivity contribution in [3.63, 3.8) is 0 Å². The van der Waals surface area contributed by atoms with Crippen molar-refractivity contribution >= 4 is 27.5 Å². The molecular weight excluding hydrogens is 460 g/mol. The van der Waals surface area contributed by atoms with E-state index in [9.17, 15) is 23.1 Å². The zero-order valence-electron chi connectivity index (χ0n) is 20.9. The predicted molar refractivity (Wildman–Crippen MR) is 131 cm³/mol. The minimum atomic E-state index is -3.42. The second kappa shape index (κ2) is 12.0. The van der Waals surface area contributed by atoms with E-state index in [1.807, 2.05) is 25.9 Å². The van der Waals surface area contributed by atoms with Crippen molar-refractivity contribution in [2.75, 3.05) is 59.0 Å². The van der Waals surface area contributed by atoms with Gasteiger partial charge in [0, 0.05) is 31.6 Å². The lowest BCUT2D eigenvalue weighted by molar-refractivity contribution is -0.116. The van der Waals surface area contributed by atoms with Crippen molar-refractivity contribution < 1.29 is 27.9 Å². The van der Waals surface area contributed by atoms with Crippen LogP contribution in [-0.4, -0.2) is 105 Å². The summed E-state index contributed by atoms with van der Waals surface area (Å²) in [5.74, 6) is -0.361. The Bertz CT molecular complexity index is 968. The summed E-state index contributed by atoms with van der Waals surface area (Å²) < 4.78 is 31.3. The smallest absolute Gasteiger partial charge is 0.258 e. The van der Waals surface area contributed by atoms with Crippen LogP contribution >= 0.6 is 0 Å². The van der Waals surface area contributed by atoms with Crippen molar-refractivity contribution in [1.29, 1.82) is 0 Å². The van der Waals surface area contributed by atoms with E-state index in [2.05, 4.69) is 5.32 Å². The standard InChI is InChI=1S/C23H38N4O6S/c1-16-13-27(17(2)15-28)23(30)19-12-18(24-22(29)8-7-11-25(3)4)9-10-20(19)33-21(16)14-26(5)34(6,31)32/h9-10,12,16-17,21,28H,7-8,11,13-15H2,1-6H3,(H,24,29)/t16-,17-,21+/m0/s1. The topological polar surface area (TPSA) is 119 Å². The van der Waals surface area contributed by atoms with Crippen LogP contribution in [0.2, 0.25) is 0 Å². The third-order valence-corrected chi connectivity index (χ3v) is 7.24. The van der Waals surface area contributed by atoms with Gasteiger partial charge >= 0.3 is 0 Å². The van der Waals surface area contributed by atoms with Crippen molar-refractivity contribution in [3.8, 4) is 5.75 Å². The molecule has 0 saturated carbocycles. The van der Waals surface area contributed by atoms with Crippen LogP contribution in [0.15, 0.2) is 18.2 Å². The molecule has 34 heavy (non-hydrogen) atoms. The molecule has 1 aliphatic rings. The average Bonchev–Trinajstić information content (AvgIpc) is 2.75. The maximum Gasteiger partial charge on any atom is 0.258 e. The number of fused-ring (bicyclic) bond motifs is 1. The van der Waals surface area contributed by atoms with Gasteiger partial charge in [0.25, 0.3) is 5.91 Å². The largest absolute Gasteiger partial charge is 0.488 e. The fourth-order valence-electron chi connectivity index (χ4n) is 3.69. The van der Waals surface area contributed by atoms with E-state index in [1.54, 1.807) is 30.0 Å². The Labute approximate surface area is 202 Å². The van der Waals surface area contributed by atoms with Gasteiger partial charge in [-0.2, -0.15) is 0 Å². The number of ether oxygens (including phenoxy) is 1. The summed E-state index contributed by atoms with van der Waals surface area (Å²) in [7, 11) is 1.95. The molecule has 0 spiro atoms. The SMILES string of the molecule is C[C@H]1CN([C@@H](C)CO)C(=O)c2cc(NC(=O)CCCN(C)C)ccc2O[C@@H]1CN(C)S(C)(=O)=O. The first kappa shape index (κ1) is 28.0. The monoisotopic (exact) mass is 498 g/mol. The van der Waals surface area contributed by atoms with E-state index in [-0.39, 0.29) is 43.0 Å². The molecular formula is C23H38N4O6S. The molecule has 3 atom stereocenters. The Morgan fingerprint density at radius 3 is 2.59 bits per heavy atom. The third-order valence-electron chi connectivity index (χ3n) is 5.96. The van der Waals surface area contributed by atoms with Crippen LogP contribution in [0.5, 0.6) is 5.75 Å². The first-order chi connectivity index (χ1) is 15.8. The Balaban J connectivity index is 2.35. The van der Waals surface area contributed by atoms with E-state index in [0.29, 0.717) is 24.3 Å². The molecule has 0 saturated heterocycles. The summed E-state index contributed by atoms with van der Waals surface area (Å²) in [5.41, 5.74) is 0.728. The lowest BCUT2D eigenvalue weighted by atomic mass is 9.99. The first-order valence-corrected chi connectivity index (χ1v) is 13.3. The van der Waals surface area contributed by atoms with Gasteiger partial charge in [-0.1, -0.05) is 6.92 Å². The number of aliphatic hydroxyl groups excluding tert-OH is 1. The molecule has 0 aromatic heterocycles. The number of rotatable bonds is 10. The zero-order chi connectivity index (χ0) is 25.6. The molecule has 10 nitrogen and oxygen atoms in total. The van der Waals surface area contributed by atoms with E-state index in [4.69, 9.17) is 4.74 Å². The van der Waals surface area contributed by atoms with Gasteiger partial charge in [0.1, 0.15) is 11.9 Å². The van der Waals surface area contributed by atoms with Gasteiger partial charge in [0.2, 0.25) is 15.9 Å². The molecule has 2 N–H and O–H groups in total. The molecule has 1 aliphatic heterocycles. The van der Waals surface area contributed by atoms with Crippen molar-refractivity contribution in [2.24, 2.45) is 5.92 Å². The lowest BCUT2D eigenvalue weighted by Gasteiger charge is -2.38. The van der Waals surface area contributed by atoms with Crippen molar-refractivity contribution in [2.45, 2.75) is 38.8 Å². The third kappa shape index (κ3) is 7.66. The Morgan fingerprint density at radius 1 is 1.32 bits per heavy atom. The van der Waals surface area contributed by atoms with Crippen molar-refractivity contribution in [3.05, 3.63) is 23.8 Å². The summed E-state index contributed by atoms with van der Waals surface area (Å²) in [5, 5.41) is 12.6. The highest BCUT2D eigenvalue weighted by atomic mass is 32.2. The Morgan fingerprint density at radius 2 is 2.00 bits per heavy atom. The quantitative estimate of drug-likeness (QED) is 0.495. The van der Waals surface area contributed by atoms with Crippen molar-refractivity contribution in [1.82, 2.24) is 14.1 Å². The fraction of sp³-hybridized carbons (Fsp3) is 0.652. The van der Waals surface area contributed by atoms with Crippen LogP contribution in [0.1, 0.15) is 37.0 Å². The Hall–Kier alpha value is -2.21. The molecule has 0 radical (unpaired) electrons. The minimum absolute atomic E-state index is 0.110. The van der Waals surface area contributed by atoms with E-state index < -0.39 is 22.2 Å². The van der Waals surface area contributed by atoms with E-state index >= 15 is 0 Å². The van der Waals surface area contributed by atoms with Gasteiger partial charge in [-0.25, -0.2) is 12.7 Å². The van der Waals surface area contributed by atoms with Gasteiger partial charge in [-0.15, -0.1) is 0 Å². The highest BCUT2D eigenvalue weighted by Gasteiger charge is 2.34. The summed E-state index contributed by atoms with van der Waals surface area (Å²) in [4.78, 5) is 29.3. The maximum absolute atomic E-state index is 13.4. The lowest BCUT2D eigenvalue weighted by Crippen LogP contribution is -2.50. The van der Waals surface area contributed by atoms with Gasteiger partial charge in [-0.3, -0.25) is 9.59 Å². The minimum Gasteiger partial charge on any atom is -0.488 e. The van der Waals surface area contributed by atoms with Crippen LogP contribution in [0.4, 0.5) is 5.69 Å². The molecule has 1 aromatic rings. The van der Waals surface area contributed by atoms with Crippen LogP contribution in [0.3, 0.4) is 0 Å². The molecule has 0 bridgehead atoms. The van der Waals surface area contributed by atoms with Crippen LogP contribution in [0.25, 0.3) is 0 Å². The van der Waals surface area contributed by atoms with Gasteiger partial charge in [-0.05, 0) is 52.2 Å². The summed E-state index contributed by atoms with van der Waals surface area (Å²) in [6.45, 7) is 4.60. The first-order valence-electron chi connectivity index (χ1n) is 11.4. The number of hydrogen-bond donors (Lipinski definition) is 2. The molecule has 11 heteroatoms. The highest BCUT2D eigenvalue weighted by molar-refractivity contribution is 7.88. The number of sulfonamides is 1. The normalized spacial score (nSPS) is 19.9. The summed E-state index contributed by atoms with van der Waals surface area (Å²) in [6, 6.07) is 4.42. The number of aliphatic hydroxyl groups is 1. The van der Waals surface area contributed by atoms with Crippen LogP contribution < -0.4 is 10.1 Å². The fourth-order valence-corrected chi connectivity index (χ4v) is 4.10. The maximum atomic E-state index is 13.4. The number of amides is 2. The molecule has 0 aliphatic carbocycles. The molecule has 1 heterocycles. The summed E-state index contributed by atoms with van der Waals surface area (Å²) >= 11 is 0. The van der Waals surface area contributed by atoms with Crippen LogP contribution in [0, 0.1) is 5.92 Å². The average molecular weight is 499 g/mol. The second-order valence-corrected chi connectivity index (χ2v) is 11.4. The number of benzene rings is 1. The molecule has 2 amide bonds. The number of anilines is 1. The molecule has 0 unspecified atom stereocenters. The van der Waals surface area contributed by atoms with Gasteiger partial charge in [0.05, 0.1) is 31.0 Å². The number of nitrogens with one attached hydrogen (secondary N) is 1. The molecule has 2 rings (SSSR count). The number of hydrogen-bond acceptors (Lipinski definition) is 7. The van der Waals surface area contributed by atoms with Gasteiger partial charge in [0.15, 0.2) is 0 Å². The molecule has 0 fully saturated rings. The molecule has 1 aromatic carbocycles. The molecule has 192 valence electrons. The predicted octanol–water partition coefficient (Wildman–Crippen LogP) is 1.08. The second-order valence-electron chi connectivity index (χ2n) is 9.33. The van der Waals surface area contributed by atoms with E-state index in [0.717, 1.165) is 12.8 Å². The van der Waals surface area contributed by atoms with Crippen LogP contribution in [-0.2, 0) is 14.8 Å². The number of carbonyl (C=O) groups is 2. The zero-order valence-corrected chi connectivity index (χ0v) is 21.8. The summed E-state index contributed by atoms with van der Waals surface area (Å²) in [6.07, 6.45) is 1.67.